The standard InChI is InChI=1S/C16H26N2O2/c1-12(17)16(14-6-4-5-7-15(14)20-3)18-10-8-13(19-2)9-11-18/h4-7,12-13,16H,8-11,17H2,1-3H3. The Morgan fingerprint density at radius 1 is 1.20 bits per heavy atom. The number of likely N-dealkylation sites (tertiary alicyclic amines) is 1. The minimum Gasteiger partial charge on any atom is -0.496 e. The van der Waals surface area contributed by atoms with Crippen molar-refractivity contribution in [2.24, 2.45) is 5.73 Å². The summed E-state index contributed by atoms with van der Waals surface area (Å²) in [4.78, 5) is 2.46. The highest BCUT2D eigenvalue weighted by atomic mass is 16.5. The highest BCUT2D eigenvalue weighted by Gasteiger charge is 2.30. The van der Waals surface area contributed by atoms with Gasteiger partial charge in [-0.1, -0.05) is 18.2 Å². The second-order valence-electron chi connectivity index (χ2n) is 5.52. The van der Waals surface area contributed by atoms with Crippen LogP contribution >= 0.6 is 0 Å². The molecule has 1 fully saturated rings. The Morgan fingerprint density at radius 2 is 1.85 bits per heavy atom. The second-order valence-corrected chi connectivity index (χ2v) is 5.52. The van der Waals surface area contributed by atoms with Crippen LogP contribution in [0, 0.1) is 0 Å². The van der Waals surface area contributed by atoms with E-state index in [1.165, 1.54) is 5.56 Å². The molecule has 2 rings (SSSR count). The van der Waals surface area contributed by atoms with Crippen molar-refractivity contribution in [2.45, 2.75) is 38.0 Å². The Balaban J connectivity index is 2.19. The van der Waals surface area contributed by atoms with Gasteiger partial charge in [-0.3, -0.25) is 4.90 Å². The Morgan fingerprint density at radius 3 is 2.40 bits per heavy atom. The van der Waals surface area contributed by atoms with Gasteiger partial charge in [-0.2, -0.15) is 0 Å². The summed E-state index contributed by atoms with van der Waals surface area (Å²) in [6, 6.07) is 8.43. The lowest BCUT2D eigenvalue weighted by Gasteiger charge is -2.39. The summed E-state index contributed by atoms with van der Waals surface area (Å²) in [5.74, 6) is 0.920. The molecule has 1 aliphatic heterocycles. The van der Waals surface area contributed by atoms with E-state index in [0.29, 0.717) is 6.10 Å². The van der Waals surface area contributed by atoms with Crippen molar-refractivity contribution in [3.05, 3.63) is 29.8 Å². The van der Waals surface area contributed by atoms with E-state index in [1.807, 2.05) is 12.1 Å². The average molecular weight is 278 g/mol. The van der Waals surface area contributed by atoms with Gasteiger partial charge in [-0.05, 0) is 25.8 Å². The molecular formula is C16H26N2O2. The lowest BCUT2D eigenvalue weighted by molar-refractivity contribution is 0.0231. The van der Waals surface area contributed by atoms with Crippen LogP contribution in [-0.2, 0) is 4.74 Å². The van der Waals surface area contributed by atoms with Gasteiger partial charge in [0.05, 0.1) is 19.3 Å². The van der Waals surface area contributed by atoms with Crippen molar-refractivity contribution in [1.82, 2.24) is 4.90 Å². The lowest BCUT2D eigenvalue weighted by atomic mass is 9.95. The van der Waals surface area contributed by atoms with Crippen LogP contribution in [0.3, 0.4) is 0 Å². The molecule has 1 heterocycles. The molecule has 1 aromatic carbocycles. The Labute approximate surface area is 121 Å². The number of ether oxygens (including phenoxy) is 2. The summed E-state index contributed by atoms with van der Waals surface area (Å²) in [7, 11) is 3.51. The van der Waals surface area contributed by atoms with Crippen molar-refractivity contribution >= 4 is 0 Å². The smallest absolute Gasteiger partial charge is 0.123 e. The third-order valence-electron chi connectivity index (χ3n) is 4.16. The molecule has 1 aromatic rings. The fraction of sp³-hybridized carbons (Fsp3) is 0.625. The van der Waals surface area contributed by atoms with Gasteiger partial charge >= 0.3 is 0 Å². The summed E-state index contributed by atoms with van der Waals surface area (Å²) in [6.45, 7) is 4.10. The van der Waals surface area contributed by atoms with Crippen LogP contribution in [0.15, 0.2) is 24.3 Å². The van der Waals surface area contributed by atoms with Gasteiger partial charge in [0, 0.05) is 31.8 Å². The number of benzene rings is 1. The van der Waals surface area contributed by atoms with Gasteiger partial charge in [0.1, 0.15) is 5.75 Å². The van der Waals surface area contributed by atoms with Crippen molar-refractivity contribution < 1.29 is 9.47 Å². The molecule has 0 spiro atoms. The summed E-state index contributed by atoms with van der Waals surface area (Å²) in [5, 5.41) is 0. The molecule has 4 heteroatoms. The van der Waals surface area contributed by atoms with Crippen LogP contribution < -0.4 is 10.5 Å². The summed E-state index contributed by atoms with van der Waals surface area (Å²) < 4.78 is 11.0. The zero-order chi connectivity index (χ0) is 14.5. The fourth-order valence-corrected chi connectivity index (χ4v) is 3.11. The van der Waals surface area contributed by atoms with E-state index in [1.54, 1.807) is 14.2 Å². The quantitative estimate of drug-likeness (QED) is 0.897. The number of nitrogens with two attached hydrogens (primary N) is 1. The SMILES string of the molecule is COc1ccccc1C(C(C)N)N1CCC(OC)CC1. The fourth-order valence-electron chi connectivity index (χ4n) is 3.11. The van der Waals surface area contributed by atoms with Gasteiger partial charge in [-0.15, -0.1) is 0 Å². The van der Waals surface area contributed by atoms with Gasteiger partial charge in [0.25, 0.3) is 0 Å². The number of nitrogens with zero attached hydrogens (tertiary/aromatic N) is 1. The molecule has 2 N–H and O–H groups in total. The van der Waals surface area contributed by atoms with Crippen LogP contribution in [0.25, 0.3) is 0 Å². The minimum atomic E-state index is 0.0606. The van der Waals surface area contributed by atoms with Gasteiger partial charge in [0.2, 0.25) is 0 Å². The highest BCUT2D eigenvalue weighted by molar-refractivity contribution is 5.36. The Kier molecular flexibility index (Phi) is 5.40. The van der Waals surface area contributed by atoms with E-state index in [0.717, 1.165) is 31.7 Å². The van der Waals surface area contributed by atoms with Crippen LogP contribution in [0.1, 0.15) is 31.4 Å². The van der Waals surface area contributed by atoms with E-state index in [9.17, 15) is 0 Å². The zero-order valence-corrected chi connectivity index (χ0v) is 12.7. The number of para-hydroxylation sites is 1. The maximum atomic E-state index is 6.26. The minimum absolute atomic E-state index is 0.0606. The molecule has 0 amide bonds. The Hall–Kier alpha value is -1.10. The number of hydrogen-bond acceptors (Lipinski definition) is 4. The highest BCUT2D eigenvalue weighted by Crippen LogP contribution is 2.33. The molecule has 0 radical (unpaired) electrons. The first-order valence-corrected chi connectivity index (χ1v) is 7.32. The number of hydrogen-bond donors (Lipinski definition) is 1. The van der Waals surface area contributed by atoms with Crippen LogP contribution in [0.2, 0.25) is 0 Å². The molecule has 0 bridgehead atoms. The molecule has 20 heavy (non-hydrogen) atoms. The van der Waals surface area contributed by atoms with Crippen LogP contribution in [0.4, 0.5) is 0 Å². The summed E-state index contributed by atoms with van der Waals surface area (Å²) in [6.07, 6.45) is 2.52. The number of rotatable bonds is 5. The molecule has 0 aliphatic carbocycles. The molecule has 0 aromatic heterocycles. The second kappa shape index (κ2) is 7.07. The third kappa shape index (κ3) is 3.32. The van der Waals surface area contributed by atoms with Crippen LogP contribution in [0.5, 0.6) is 5.75 Å². The Bertz CT molecular complexity index is 415. The first-order chi connectivity index (χ1) is 9.67. The van der Waals surface area contributed by atoms with Crippen molar-refractivity contribution in [3.63, 3.8) is 0 Å². The average Bonchev–Trinajstić information content (AvgIpc) is 2.48. The zero-order valence-electron chi connectivity index (χ0n) is 12.7. The van der Waals surface area contributed by atoms with Gasteiger partial charge in [0.15, 0.2) is 0 Å². The summed E-state index contributed by atoms with van der Waals surface area (Å²) >= 11 is 0. The monoisotopic (exact) mass is 278 g/mol. The molecule has 0 saturated carbocycles. The van der Waals surface area contributed by atoms with E-state index in [-0.39, 0.29) is 12.1 Å². The topological polar surface area (TPSA) is 47.7 Å². The predicted octanol–water partition coefficient (Wildman–Crippen LogP) is 2.19. The first-order valence-electron chi connectivity index (χ1n) is 7.32. The van der Waals surface area contributed by atoms with E-state index in [4.69, 9.17) is 15.2 Å². The maximum Gasteiger partial charge on any atom is 0.123 e. The largest absolute Gasteiger partial charge is 0.496 e. The lowest BCUT2D eigenvalue weighted by Crippen LogP contribution is -2.45. The molecule has 112 valence electrons. The van der Waals surface area contributed by atoms with Crippen molar-refractivity contribution in [1.29, 1.82) is 0 Å². The van der Waals surface area contributed by atoms with E-state index < -0.39 is 0 Å². The number of piperidine rings is 1. The van der Waals surface area contributed by atoms with Crippen molar-refractivity contribution in [3.8, 4) is 5.75 Å². The van der Waals surface area contributed by atoms with Crippen molar-refractivity contribution in [2.75, 3.05) is 27.3 Å². The van der Waals surface area contributed by atoms with E-state index in [2.05, 4.69) is 24.0 Å². The molecular weight excluding hydrogens is 252 g/mol. The first kappa shape index (κ1) is 15.3. The normalized spacial score (nSPS) is 20.6. The molecule has 2 unspecified atom stereocenters. The third-order valence-corrected chi connectivity index (χ3v) is 4.16. The van der Waals surface area contributed by atoms with Crippen LogP contribution in [-0.4, -0.2) is 44.4 Å². The summed E-state index contributed by atoms with van der Waals surface area (Å²) in [5.41, 5.74) is 7.44. The number of methoxy groups -OCH3 is 2. The van der Waals surface area contributed by atoms with E-state index >= 15 is 0 Å². The molecule has 4 nitrogen and oxygen atoms in total. The predicted molar refractivity (Wildman–Crippen MR) is 81.0 cm³/mol. The maximum absolute atomic E-state index is 6.26. The van der Waals surface area contributed by atoms with Gasteiger partial charge in [-0.25, -0.2) is 0 Å². The molecule has 1 saturated heterocycles. The van der Waals surface area contributed by atoms with Gasteiger partial charge < -0.3 is 15.2 Å². The molecule has 2 atom stereocenters. The molecule has 1 aliphatic rings.